The molecule has 0 aliphatic heterocycles. The van der Waals surface area contributed by atoms with Crippen LogP contribution >= 0.6 is 11.8 Å². The van der Waals surface area contributed by atoms with Crippen molar-refractivity contribution in [2.75, 3.05) is 25.7 Å². The first-order valence-corrected chi connectivity index (χ1v) is 8.79. The Morgan fingerprint density at radius 3 is 2.57 bits per heavy atom. The Balaban J connectivity index is 2.09. The molecule has 1 aromatic rings. The normalized spacial score (nSPS) is 18.4. The van der Waals surface area contributed by atoms with Crippen molar-refractivity contribution < 1.29 is 9.53 Å². The average Bonchev–Trinajstić information content (AvgIpc) is 3.05. The number of carbonyl (C=O) groups excluding carboxylic acids is 1. The summed E-state index contributed by atoms with van der Waals surface area (Å²) >= 11 is 1.86. The summed E-state index contributed by atoms with van der Waals surface area (Å²) in [6.45, 7) is 0. The van der Waals surface area contributed by atoms with Gasteiger partial charge < -0.3 is 10.1 Å². The van der Waals surface area contributed by atoms with Crippen molar-refractivity contribution in [1.82, 2.24) is 5.32 Å². The molecule has 1 aliphatic rings. The first-order chi connectivity index (χ1) is 10.2. The summed E-state index contributed by atoms with van der Waals surface area (Å²) in [5.74, 6) is 2.44. The van der Waals surface area contributed by atoms with Gasteiger partial charge in [-0.05, 0) is 37.1 Å². The van der Waals surface area contributed by atoms with Crippen molar-refractivity contribution in [3.63, 3.8) is 0 Å². The minimum absolute atomic E-state index is 0.213. The largest absolute Gasteiger partial charge is 0.467 e. The van der Waals surface area contributed by atoms with Crippen LogP contribution in [0.25, 0.3) is 0 Å². The summed E-state index contributed by atoms with van der Waals surface area (Å²) in [5, 5.41) is 3.21. The molecule has 0 heterocycles. The predicted octanol–water partition coefficient (Wildman–Crippen LogP) is 3.20. The van der Waals surface area contributed by atoms with E-state index in [-0.39, 0.29) is 5.97 Å². The third-order valence-electron chi connectivity index (χ3n) is 4.37. The smallest absolute Gasteiger partial charge is 0.331 e. The first-order valence-electron chi connectivity index (χ1n) is 7.63. The minimum Gasteiger partial charge on any atom is -0.467 e. The molecule has 4 heteroatoms. The molecule has 1 aromatic carbocycles. The van der Waals surface area contributed by atoms with Crippen LogP contribution in [0.5, 0.6) is 0 Å². The zero-order valence-electron chi connectivity index (χ0n) is 12.9. The monoisotopic (exact) mass is 307 g/mol. The maximum atomic E-state index is 12.4. The van der Waals surface area contributed by atoms with Gasteiger partial charge in [-0.1, -0.05) is 43.2 Å². The SMILES string of the molecule is CNC(CSCC1CCCC1)(C(=O)OC)c1ccccc1. The van der Waals surface area contributed by atoms with Crippen molar-refractivity contribution in [2.24, 2.45) is 5.92 Å². The number of likely N-dealkylation sites (N-methyl/N-ethyl adjacent to an activating group) is 1. The number of rotatable bonds is 7. The molecule has 1 aliphatic carbocycles. The Labute approximate surface area is 131 Å². The van der Waals surface area contributed by atoms with E-state index in [0.29, 0.717) is 5.75 Å². The molecule has 1 atom stereocenters. The number of ether oxygens (including phenoxy) is 1. The van der Waals surface area contributed by atoms with Gasteiger partial charge in [0.1, 0.15) is 0 Å². The second kappa shape index (κ2) is 7.85. The van der Waals surface area contributed by atoms with Crippen LogP contribution in [0.15, 0.2) is 30.3 Å². The van der Waals surface area contributed by atoms with Gasteiger partial charge in [-0.3, -0.25) is 0 Å². The van der Waals surface area contributed by atoms with Crippen LogP contribution in [-0.4, -0.2) is 31.6 Å². The summed E-state index contributed by atoms with van der Waals surface area (Å²) in [6.07, 6.45) is 5.39. The van der Waals surface area contributed by atoms with E-state index < -0.39 is 5.54 Å². The van der Waals surface area contributed by atoms with Crippen LogP contribution in [0.2, 0.25) is 0 Å². The van der Waals surface area contributed by atoms with Crippen molar-refractivity contribution in [3.8, 4) is 0 Å². The Bertz CT molecular complexity index is 445. The van der Waals surface area contributed by atoms with Crippen LogP contribution in [0.3, 0.4) is 0 Å². The van der Waals surface area contributed by atoms with Gasteiger partial charge in [0.2, 0.25) is 0 Å². The molecule has 0 saturated heterocycles. The Hall–Kier alpha value is -1.00. The summed E-state index contributed by atoms with van der Waals surface area (Å²) in [7, 11) is 3.29. The van der Waals surface area contributed by atoms with Gasteiger partial charge in [-0.15, -0.1) is 0 Å². The second-order valence-corrected chi connectivity index (χ2v) is 6.71. The molecule has 1 fully saturated rings. The number of esters is 1. The number of methoxy groups -OCH3 is 1. The van der Waals surface area contributed by atoms with Crippen LogP contribution in [0.4, 0.5) is 0 Å². The summed E-state index contributed by atoms with van der Waals surface area (Å²) < 4.78 is 5.07. The molecular weight excluding hydrogens is 282 g/mol. The minimum atomic E-state index is -0.751. The van der Waals surface area contributed by atoms with Crippen molar-refractivity contribution >= 4 is 17.7 Å². The Morgan fingerprint density at radius 2 is 2.00 bits per heavy atom. The molecule has 0 radical (unpaired) electrons. The van der Waals surface area contributed by atoms with Crippen molar-refractivity contribution in [1.29, 1.82) is 0 Å². The maximum Gasteiger partial charge on any atom is 0.331 e. The average molecular weight is 307 g/mol. The number of nitrogens with one attached hydrogen (secondary N) is 1. The molecule has 2 rings (SSSR count). The van der Waals surface area contributed by atoms with E-state index in [1.165, 1.54) is 32.8 Å². The summed E-state index contributed by atoms with van der Waals surface area (Å²) in [6, 6.07) is 9.87. The van der Waals surface area contributed by atoms with Crippen LogP contribution in [0.1, 0.15) is 31.2 Å². The molecule has 21 heavy (non-hydrogen) atoms. The highest BCUT2D eigenvalue weighted by molar-refractivity contribution is 7.99. The van der Waals surface area contributed by atoms with E-state index in [1.54, 1.807) is 0 Å². The molecular formula is C17H25NO2S. The van der Waals surface area contributed by atoms with Crippen molar-refractivity contribution in [2.45, 2.75) is 31.2 Å². The van der Waals surface area contributed by atoms with Crippen LogP contribution in [-0.2, 0) is 15.1 Å². The van der Waals surface area contributed by atoms with Crippen molar-refractivity contribution in [3.05, 3.63) is 35.9 Å². The van der Waals surface area contributed by atoms with Gasteiger partial charge in [0, 0.05) is 5.75 Å². The highest BCUT2D eigenvalue weighted by atomic mass is 32.2. The fraction of sp³-hybridized carbons (Fsp3) is 0.588. The second-order valence-electron chi connectivity index (χ2n) is 5.68. The van der Waals surface area contributed by atoms with E-state index in [2.05, 4.69) is 5.32 Å². The van der Waals surface area contributed by atoms with Gasteiger partial charge in [-0.2, -0.15) is 11.8 Å². The van der Waals surface area contributed by atoms with Gasteiger partial charge >= 0.3 is 5.97 Å². The zero-order chi connectivity index (χ0) is 15.1. The quantitative estimate of drug-likeness (QED) is 0.785. The summed E-state index contributed by atoms with van der Waals surface area (Å²) in [4.78, 5) is 12.4. The lowest BCUT2D eigenvalue weighted by molar-refractivity contribution is -0.147. The number of hydrogen-bond acceptors (Lipinski definition) is 4. The molecule has 0 bridgehead atoms. The van der Waals surface area contributed by atoms with Gasteiger partial charge in [0.15, 0.2) is 5.54 Å². The number of thioether (sulfide) groups is 1. The maximum absolute atomic E-state index is 12.4. The fourth-order valence-electron chi connectivity index (χ4n) is 3.03. The Morgan fingerprint density at radius 1 is 1.33 bits per heavy atom. The number of hydrogen-bond donors (Lipinski definition) is 1. The molecule has 0 amide bonds. The molecule has 3 nitrogen and oxygen atoms in total. The molecule has 1 N–H and O–H groups in total. The van der Waals surface area contributed by atoms with E-state index in [9.17, 15) is 4.79 Å². The van der Waals surface area contributed by atoms with Gasteiger partial charge in [0.25, 0.3) is 0 Å². The molecule has 116 valence electrons. The zero-order valence-corrected chi connectivity index (χ0v) is 13.7. The van der Waals surface area contributed by atoms with Crippen LogP contribution < -0.4 is 5.32 Å². The topological polar surface area (TPSA) is 38.3 Å². The van der Waals surface area contributed by atoms with E-state index >= 15 is 0 Å². The summed E-state index contributed by atoms with van der Waals surface area (Å²) in [5.41, 5.74) is 0.220. The van der Waals surface area contributed by atoms with E-state index in [4.69, 9.17) is 4.74 Å². The standard InChI is InChI=1S/C17H25NO2S/c1-18-17(16(19)20-2,15-10-4-3-5-11-15)13-21-12-14-8-6-7-9-14/h3-5,10-11,14,18H,6-9,12-13H2,1-2H3. The molecule has 0 aromatic heterocycles. The lowest BCUT2D eigenvalue weighted by atomic mass is 9.92. The lowest BCUT2D eigenvalue weighted by Gasteiger charge is -2.31. The number of carbonyl (C=O) groups is 1. The van der Waals surface area contributed by atoms with Gasteiger partial charge in [-0.25, -0.2) is 4.79 Å². The molecule has 0 spiro atoms. The third-order valence-corrected chi connectivity index (χ3v) is 5.72. The lowest BCUT2D eigenvalue weighted by Crippen LogP contribution is -2.50. The molecule has 1 saturated carbocycles. The van der Waals surface area contributed by atoms with Gasteiger partial charge in [0.05, 0.1) is 7.11 Å². The highest BCUT2D eigenvalue weighted by Gasteiger charge is 2.40. The molecule has 1 unspecified atom stereocenters. The number of benzene rings is 1. The predicted molar refractivity (Wildman–Crippen MR) is 88.5 cm³/mol. The van der Waals surface area contributed by atoms with E-state index in [0.717, 1.165) is 17.2 Å². The fourth-order valence-corrected chi connectivity index (χ4v) is 4.55. The van der Waals surface area contributed by atoms with E-state index in [1.807, 2.05) is 49.1 Å². The van der Waals surface area contributed by atoms with Crippen LogP contribution in [0, 0.1) is 5.92 Å². The first kappa shape index (κ1) is 16.4. The Kier molecular flexibility index (Phi) is 6.12. The highest BCUT2D eigenvalue weighted by Crippen LogP contribution is 2.32. The third kappa shape index (κ3) is 3.80.